The van der Waals surface area contributed by atoms with Crippen LogP contribution in [0.2, 0.25) is 0 Å². The number of hydrogen-bond donors (Lipinski definition) is 1. The van der Waals surface area contributed by atoms with Gasteiger partial charge >= 0.3 is 0 Å². The van der Waals surface area contributed by atoms with Crippen molar-refractivity contribution in [2.75, 3.05) is 19.6 Å². The molecule has 0 bridgehead atoms. The lowest BCUT2D eigenvalue weighted by Gasteiger charge is -2.33. The predicted octanol–water partition coefficient (Wildman–Crippen LogP) is 4.34. The Morgan fingerprint density at radius 3 is 2.58 bits per heavy atom. The first-order chi connectivity index (χ1) is 12.6. The van der Waals surface area contributed by atoms with Crippen molar-refractivity contribution in [1.29, 1.82) is 0 Å². The maximum absolute atomic E-state index is 13.0. The summed E-state index contributed by atoms with van der Waals surface area (Å²) in [5, 5.41) is 4.18. The summed E-state index contributed by atoms with van der Waals surface area (Å²) in [5.74, 6) is 0.495. The molecule has 0 radical (unpaired) electrons. The summed E-state index contributed by atoms with van der Waals surface area (Å²) in [7, 11) is 0. The molecule has 3 nitrogen and oxygen atoms in total. The molecule has 1 N–H and O–H groups in total. The second-order valence-electron chi connectivity index (χ2n) is 7.27. The van der Waals surface area contributed by atoms with E-state index in [-0.39, 0.29) is 17.5 Å². The fourth-order valence-electron chi connectivity index (χ4n) is 3.79. The normalized spacial score (nSPS) is 20.8. The molecule has 1 fully saturated rings. The highest BCUT2D eigenvalue weighted by Crippen LogP contribution is 2.22. The van der Waals surface area contributed by atoms with E-state index in [9.17, 15) is 9.18 Å². The van der Waals surface area contributed by atoms with Crippen LogP contribution in [0.15, 0.2) is 36.4 Å². The minimum atomic E-state index is -0.309. The van der Waals surface area contributed by atoms with Crippen LogP contribution in [-0.4, -0.2) is 35.4 Å². The topological polar surface area (TPSA) is 32.3 Å². The van der Waals surface area contributed by atoms with Crippen LogP contribution in [0.4, 0.5) is 4.39 Å². The zero-order valence-electron chi connectivity index (χ0n) is 15.1. The average molecular weight is 375 g/mol. The van der Waals surface area contributed by atoms with E-state index in [1.807, 2.05) is 0 Å². The zero-order valence-corrected chi connectivity index (χ0v) is 15.9. The molecule has 2 aliphatic rings. The van der Waals surface area contributed by atoms with Gasteiger partial charge in [-0.15, -0.1) is 0 Å². The molecule has 1 saturated heterocycles. The Balaban J connectivity index is 1.40. The molecule has 1 aliphatic carbocycles. The number of likely N-dealkylation sites (tertiary alicyclic amines) is 1. The van der Waals surface area contributed by atoms with Crippen LogP contribution in [0.5, 0.6) is 0 Å². The van der Waals surface area contributed by atoms with E-state index in [4.69, 9.17) is 12.2 Å². The Morgan fingerprint density at radius 1 is 1.19 bits per heavy atom. The second kappa shape index (κ2) is 9.26. The van der Waals surface area contributed by atoms with Gasteiger partial charge < -0.3 is 10.2 Å². The Hall–Kier alpha value is -1.75. The average Bonchev–Trinajstić information content (AvgIpc) is 2.69. The van der Waals surface area contributed by atoms with Crippen molar-refractivity contribution in [2.24, 2.45) is 11.8 Å². The molecular formula is C21H27FN2OS. The third kappa shape index (κ3) is 5.13. The third-order valence-corrected chi connectivity index (χ3v) is 5.83. The highest BCUT2D eigenvalue weighted by atomic mass is 32.1. The molecule has 0 saturated carbocycles. The summed E-state index contributed by atoms with van der Waals surface area (Å²) in [5.41, 5.74) is 0.603. The van der Waals surface area contributed by atoms with Gasteiger partial charge in [0.1, 0.15) is 5.82 Å². The number of nitrogens with zero attached hydrogens (tertiary/aromatic N) is 1. The molecule has 1 aliphatic heterocycles. The predicted molar refractivity (Wildman–Crippen MR) is 107 cm³/mol. The van der Waals surface area contributed by atoms with Gasteiger partial charge in [0.15, 0.2) is 10.9 Å². The highest BCUT2D eigenvalue weighted by Gasteiger charge is 2.26. The van der Waals surface area contributed by atoms with Crippen molar-refractivity contribution in [2.45, 2.75) is 38.5 Å². The molecule has 1 aromatic carbocycles. The van der Waals surface area contributed by atoms with Crippen LogP contribution in [0.1, 0.15) is 48.9 Å². The molecule has 0 spiro atoms. The molecule has 140 valence electrons. The van der Waals surface area contributed by atoms with Crippen molar-refractivity contribution in [3.8, 4) is 0 Å². The lowest BCUT2D eigenvalue weighted by molar-refractivity contribution is 0.0872. The van der Waals surface area contributed by atoms with Gasteiger partial charge in [-0.1, -0.05) is 12.2 Å². The molecule has 0 aromatic heterocycles. The van der Waals surface area contributed by atoms with Gasteiger partial charge in [0.2, 0.25) is 0 Å². The number of halogens is 1. The largest absolute Gasteiger partial charge is 0.363 e. The molecule has 1 heterocycles. The van der Waals surface area contributed by atoms with E-state index in [2.05, 4.69) is 22.4 Å². The Morgan fingerprint density at radius 2 is 1.92 bits per heavy atom. The van der Waals surface area contributed by atoms with Crippen molar-refractivity contribution < 1.29 is 9.18 Å². The lowest BCUT2D eigenvalue weighted by atomic mass is 9.89. The first-order valence-corrected chi connectivity index (χ1v) is 10.0. The van der Waals surface area contributed by atoms with Crippen molar-refractivity contribution in [3.63, 3.8) is 0 Å². The molecule has 1 unspecified atom stereocenters. The number of ketones is 1. The van der Waals surface area contributed by atoms with E-state index < -0.39 is 0 Å². The maximum Gasteiger partial charge on any atom is 0.168 e. The number of piperidine rings is 1. The summed E-state index contributed by atoms with van der Waals surface area (Å²) in [4.78, 5) is 14.7. The molecular weight excluding hydrogens is 347 g/mol. The maximum atomic E-state index is 13.0. The van der Waals surface area contributed by atoms with Crippen LogP contribution in [0.25, 0.3) is 0 Å². The molecule has 0 amide bonds. The second-order valence-corrected chi connectivity index (χ2v) is 7.66. The number of rotatable bonds is 5. The lowest BCUT2D eigenvalue weighted by Crippen LogP contribution is -2.45. The van der Waals surface area contributed by atoms with Crippen LogP contribution in [0, 0.1) is 17.7 Å². The van der Waals surface area contributed by atoms with Crippen molar-refractivity contribution in [1.82, 2.24) is 10.2 Å². The summed E-state index contributed by atoms with van der Waals surface area (Å²) in [6.45, 7) is 2.50. The molecule has 1 aromatic rings. The zero-order chi connectivity index (χ0) is 18.4. The summed E-state index contributed by atoms with van der Waals surface area (Å²) < 4.78 is 13.0. The van der Waals surface area contributed by atoms with Gasteiger partial charge in [0, 0.05) is 31.1 Å². The van der Waals surface area contributed by atoms with Crippen LogP contribution in [0.3, 0.4) is 0 Å². The summed E-state index contributed by atoms with van der Waals surface area (Å²) >= 11 is 5.52. The number of carbonyl (C=O) groups is 1. The smallest absolute Gasteiger partial charge is 0.168 e. The van der Waals surface area contributed by atoms with E-state index in [1.165, 1.54) is 31.4 Å². The number of Topliss-reactive ketones (excluding diaryl/α,β-unsaturated/α-hetero) is 1. The third-order valence-electron chi connectivity index (χ3n) is 5.43. The Kier molecular flexibility index (Phi) is 6.78. The number of nitrogens with one attached hydrogen (secondary N) is 1. The number of carbonyl (C=O) groups excluding carboxylic acids is 1. The first-order valence-electron chi connectivity index (χ1n) is 9.62. The van der Waals surface area contributed by atoms with Crippen molar-refractivity contribution >= 4 is 23.1 Å². The van der Waals surface area contributed by atoms with E-state index in [0.29, 0.717) is 11.5 Å². The number of allylic oxidation sites excluding steroid dienone is 2. The Bertz CT molecular complexity index is 650. The number of thiocarbonyl (C=S) groups is 1. The minimum absolute atomic E-state index is 0.00638. The van der Waals surface area contributed by atoms with Crippen molar-refractivity contribution in [3.05, 3.63) is 47.8 Å². The summed E-state index contributed by atoms with van der Waals surface area (Å²) in [6.07, 6.45) is 11.1. The first kappa shape index (κ1) is 19.0. The van der Waals surface area contributed by atoms with Gasteiger partial charge in [-0.05, 0) is 80.9 Å². The van der Waals surface area contributed by atoms with E-state index in [1.54, 1.807) is 12.1 Å². The van der Waals surface area contributed by atoms with Gasteiger partial charge in [-0.25, -0.2) is 4.39 Å². The monoisotopic (exact) mass is 374 g/mol. The SMILES string of the molecule is O=C(c1ccc(F)cc1)C1CCN(C(=S)NCCC2C=CCCC2)CC1. The minimum Gasteiger partial charge on any atom is -0.363 e. The van der Waals surface area contributed by atoms with Gasteiger partial charge in [-0.3, -0.25) is 4.79 Å². The Labute approximate surface area is 160 Å². The molecule has 26 heavy (non-hydrogen) atoms. The van der Waals surface area contributed by atoms with Crippen LogP contribution in [-0.2, 0) is 0 Å². The number of hydrogen-bond acceptors (Lipinski definition) is 2. The van der Waals surface area contributed by atoms with E-state index in [0.717, 1.165) is 44.0 Å². The molecule has 5 heteroatoms. The van der Waals surface area contributed by atoms with Gasteiger partial charge in [-0.2, -0.15) is 0 Å². The van der Waals surface area contributed by atoms with Gasteiger partial charge in [0.25, 0.3) is 0 Å². The highest BCUT2D eigenvalue weighted by molar-refractivity contribution is 7.80. The van der Waals surface area contributed by atoms with E-state index >= 15 is 0 Å². The standard InChI is InChI=1S/C21H27FN2OS/c22-19-8-6-17(7-9-19)20(25)18-11-14-24(15-12-18)21(26)23-13-10-16-4-2-1-3-5-16/h2,4,6-9,16,18H,1,3,5,10-15H2,(H,23,26). The fraction of sp³-hybridized carbons (Fsp3) is 0.524. The van der Waals surface area contributed by atoms with Crippen LogP contribution >= 0.6 is 12.2 Å². The molecule has 1 atom stereocenters. The summed E-state index contributed by atoms with van der Waals surface area (Å²) in [6, 6.07) is 5.86. The number of benzene rings is 1. The quantitative estimate of drug-likeness (QED) is 0.472. The fourth-order valence-corrected chi connectivity index (χ4v) is 4.08. The molecule has 3 rings (SSSR count). The van der Waals surface area contributed by atoms with Gasteiger partial charge in [0.05, 0.1) is 0 Å². The van der Waals surface area contributed by atoms with Crippen LogP contribution < -0.4 is 5.32 Å².